The van der Waals surface area contributed by atoms with Crippen LogP contribution in [0, 0.1) is 16.0 Å². The molecule has 1 heterocycles. The average molecular weight is 262 g/mol. The molecule has 1 atom stereocenters. The number of fused-ring (bicyclic) bond motifs is 1. The molecule has 1 aromatic carbocycles. The fourth-order valence-electron chi connectivity index (χ4n) is 1.80. The smallest absolute Gasteiger partial charge is 0.270 e. The number of non-ortho nitro benzene ring substituents is 1. The monoisotopic (exact) mass is 262 g/mol. The maximum absolute atomic E-state index is 12.2. The molecule has 0 aliphatic heterocycles. The molecule has 7 nitrogen and oxygen atoms in total. The molecule has 0 saturated carbocycles. The third kappa shape index (κ3) is 2.60. The SMILES string of the molecule is CC(CN)Cn1cnc2ccc([N+](=O)[O-])cc2c1=O. The fraction of sp³-hybridized carbons (Fsp3) is 0.333. The van der Waals surface area contributed by atoms with Crippen molar-refractivity contribution >= 4 is 16.6 Å². The highest BCUT2D eigenvalue weighted by atomic mass is 16.6. The molecule has 0 amide bonds. The van der Waals surface area contributed by atoms with Gasteiger partial charge in [0.1, 0.15) is 0 Å². The number of aromatic nitrogens is 2. The Morgan fingerprint density at radius 3 is 2.89 bits per heavy atom. The van der Waals surface area contributed by atoms with Crippen LogP contribution in [-0.2, 0) is 6.54 Å². The molecule has 0 spiro atoms. The van der Waals surface area contributed by atoms with Crippen LogP contribution in [0.25, 0.3) is 10.9 Å². The topological polar surface area (TPSA) is 104 Å². The lowest BCUT2D eigenvalue weighted by Crippen LogP contribution is -2.26. The third-order valence-electron chi connectivity index (χ3n) is 2.93. The molecule has 19 heavy (non-hydrogen) atoms. The van der Waals surface area contributed by atoms with Gasteiger partial charge in [-0.3, -0.25) is 19.5 Å². The Hall–Kier alpha value is -2.28. The highest BCUT2D eigenvalue weighted by Crippen LogP contribution is 2.16. The van der Waals surface area contributed by atoms with Gasteiger partial charge in [-0.1, -0.05) is 6.92 Å². The van der Waals surface area contributed by atoms with Gasteiger partial charge in [-0.25, -0.2) is 4.98 Å². The zero-order valence-electron chi connectivity index (χ0n) is 10.4. The van der Waals surface area contributed by atoms with E-state index in [1.807, 2.05) is 6.92 Å². The molecule has 1 aromatic heterocycles. The summed E-state index contributed by atoms with van der Waals surface area (Å²) in [5, 5.41) is 11.0. The van der Waals surface area contributed by atoms with E-state index < -0.39 is 4.92 Å². The quantitative estimate of drug-likeness (QED) is 0.651. The molecule has 2 N–H and O–H groups in total. The minimum absolute atomic E-state index is 0.115. The van der Waals surface area contributed by atoms with E-state index in [1.165, 1.54) is 29.1 Å². The van der Waals surface area contributed by atoms with E-state index in [2.05, 4.69) is 4.98 Å². The van der Waals surface area contributed by atoms with Crippen LogP contribution >= 0.6 is 0 Å². The average Bonchev–Trinajstić information content (AvgIpc) is 2.41. The Bertz CT molecular complexity index is 680. The van der Waals surface area contributed by atoms with Gasteiger partial charge in [-0.15, -0.1) is 0 Å². The summed E-state index contributed by atoms with van der Waals surface area (Å²) in [5.41, 5.74) is 5.57. The van der Waals surface area contributed by atoms with Crippen molar-refractivity contribution < 1.29 is 4.92 Å². The van der Waals surface area contributed by atoms with Crippen molar-refractivity contribution in [3.63, 3.8) is 0 Å². The van der Waals surface area contributed by atoms with Crippen LogP contribution in [0.1, 0.15) is 6.92 Å². The molecule has 2 aromatic rings. The van der Waals surface area contributed by atoms with E-state index in [-0.39, 0.29) is 22.6 Å². The van der Waals surface area contributed by atoms with Crippen molar-refractivity contribution in [2.75, 3.05) is 6.54 Å². The molecule has 0 bridgehead atoms. The van der Waals surface area contributed by atoms with Gasteiger partial charge in [0.15, 0.2) is 0 Å². The van der Waals surface area contributed by atoms with E-state index in [1.54, 1.807) is 0 Å². The number of rotatable bonds is 4. The first-order valence-electron chi connectivity index (χ1n) is 5.86. The van der Waals surface area contributed by atoms with Crippen LogP contribution in [0.2, 0.25) is 0 Å². The summed E-state index contributed by atoms with van der Waals surface area (Å²) < 4.78 is 1.43. The Balaban J connectivity index is 2.56. The second kappa shape index (κ2) is 5.15. The molecule has 0 aliphatic carbocycles. The maximum atomic E-state index is 12.2. The van der Waals surface area contributed by atoms with Crippen molar-refractivity contribution in [1.29, 1.82) is 0 Å². The molecular weight excluding hydrogens is 248 g/mol. The predicted octanol–water partition coefficient (Wildman–Crippen LogP) is 0.899. The molecule has 0 fully saturated rings. The number of nitro groups is 1. The standard InChI is InChI=1S/C12H14N4O3/c1-8(5-13)6-15-7-14-11-3-2-9(16(18)19)4-10(11)12(15)17/h2-4,7-8H,5-6,13H2,1H3. The molecule has 0 saturated heterocycles. The number of benzene rings is 1. The Kier molecular flexibility index (Phi) is 3.57. The third-order valence-corrected chi connectivity index (χ3v) is 2.93. The highest BCUT2D eigenvalue weighted by molar-refractivity contribution is 5.79. The molecule has 0 aliphatic rings. The highest BCUT2D eigenvalue weighted by Gasteiger charge is 2.11. The Morgan fingerprint density at radius 1 is 1.53 bits per heavy atom. The van der Waals surface area contributed by atoms with Gasteiger partial charge in [0, 0.05) is 18.7 Å². The lowest BCUT2D eigenvalue weighted by molar-refractivity contribution is -0.384. The maximum Gasteiger partial charge on any atom is 0.270 e. The van der Waals surface area contributed by atoms with E-state index in [4.69, 9.17) is 5.73 Å². The van der Waals surface area contributed by atoms with E-state index in [0.29, 0.717) is 18.6 Å². The molecule has 0 radical (unpaired) electrons. The minimum Gasteiger partial charge on any atom is -0.330 e. The van der Waals surface area contributed by atoms with Crippen LogP contribution in [0.15, 0.2) is 29.3 Å². The van der Waals surface area contributed by atoms with Gasteiger partial charge in [0.2, 0.25) is 0 Å². The zero-order valence-corrected chi connectivity index (χ0v) is 10.4. The molecule has 100 valence electrons. The number of nitro benzene ring substituents is 1. The lowest BCUT2D eigenvalue weighted by Gasteiger charge is -2.11. The van der Waals surface area contributed by atoms with Crippen LogP contribution in [0.3, 0.4) is 0 Å². The molecule has 2 rings (SSSR count). The summed E-state index contributed by atoms with van der Waals surface area (Å²) in [6, 6.07) is 4.07. The van der Waals surface area contributed by atoms with Gasteiger partial charge < -0.3 is 5.73 Å². The summed E-state index contributed by atoms with van der Waals surface area (Å²) in [6.07, 6.45) is 1.45. The zero-order chi connectivity index (χ0) is 14.0. The fourth-order valence-corrected chi connectivity index (χ4v) is 1.80. The molecular formula is C12H14N4O3. The Labute approximate surface area is 108 Å². The largest absolute Gasteiger partial charge is 0.330 e. The molecule has 7 heteroatoms. The number of hydrogen-bond acceptors (Lipinski definition) is 5. The van der Waals surface area contributed by atoms with Crippen molar-refractivity contribution in [3.05, 3.63) is 45.0 Å². The van der Waals surface area contributed by atoms with Crippen LogP contribution in [-0.4, -0.2) is 21.0 Å². The van der Waals surface area contributed by atoms with Crippen LogP contribution < -0.4 is 11.3 Å². The summed E-state index contributed by atoms with van der Waals surface area (Å²) in [7, 11) is 0. The number of hydrogen-bond donors (Lipinski definition) is 1. The van der Waals surface area contributed by atoms with Crippen LogP contribution in [0.4, 0.5) is 5.69 Å². The summed E-state index contributed by atoms with van der Waals surface area (Å²) in [5.74, 6) is 0.135. The molecule has 1 unspecified atom stereocenters. The normalized spacial score (nSPS) is 12.5. The van der Waals surface area contributed by atoms with Crippen molar-refractivity contribution in [1.82, 2.24) is 9.55 Å². The van der Waals surface area contributed by atoms with Crippen molar-refractivity contribution in [2.45, 2.75) is 13.5 Å². The second-order valence-corrected chi connectivity index (χ2v) is 4.50. The van der Waals surface area contributed by atoms with Gasteiger partial charge in [0.25, 0.3) is 11.2 Å². The first-order valence-corrected chi connectivity index (χ1v) is 5.86. The summed E-state index contributed by atoms with van der Waals surface area (Å²) in [4.78, 5) is 26.5. The Morgan fingerprint density at radius 2 is 2.26 bits per heavy atom. The number of nitrogens with zero attached hydrogens (tertiary/aromatic N) is 3. The minimum atomic E-state index is -0.529. The van der Waals surface area contributed by atoms with Crippen molar-refractivity contribution in [3.8, 4) is 0 Å². The lowest BCUT2D eigenvalue weighted by atomic mass is 10.2. The second-order valence-electron chi connectivity index (χ2n) is 4.50. The first kappa shape index (κ1) is 13.2. The summed E-state index contributed by atoms with van der Waals surface area (Å²) >= 11 is 0. The van der Waals surface area contributed by atoms with Gasteiger partial charge >= 0.3 is 0 Å². The van der Waals surface area contributed by atoms with E-state index in [0.717, 1.165) is 0 Å². The van der Waals surface area contributed by atoms with E-state index >= 15 is 0 Å². The first-order chi connectivity index (χ1) is 9.02. The van der Waals surface area contributed by atoms with Crippen LogP contribution in [0.5, 0.6) is 0 Å². The summed E-state index contributed by atoms with van der Waals surface area (Å²) in [6.45, 7) is 2.82. The van der Waals surface area contributed by atoms with Gasteiger partial charge in [-0.05, 0) is 18.5 Å². The van der Waals surface area contributed by atoms with E-state index in [9.17, 15) is 14.9 Å². The van der Waals surface area contributed by atoms with Crippen molar-refractivity contribution in [2.24, 2.45) is 11.7 Å². The van der Waals surface area contributed by atoms with Gasteiger partial charge in [-0.2, -0.15) is 0 Å². The van der Waals surface area contributed by atoms with Gasteiger partial charge in [0.05, 0.1) is 22.2 Å². The predicted molar refractivity (Wildman–Crippen MR) is 70.9 cm³/mol. The number of nitrogens with two attached hydrogens (primary N) is 1.